The van der Waals surface area contributed by atoms with E-state index in [4.69, 9.17) is 5.26 Å². The first-order valence-electron chi connectivity index (χ1n) is 6.74. The lowest BCUT2D eigenvalue weighted by Crippen LogP contribution is -2.17. The number of nitro groups is 1. The molecule has 7 heteroatoms. The molecule has 0 fully saturated rings. The van der Waals surface area contributed by atoms with Crippen LogP contribution >= 0.6 is 0 Å². The van der Waals surface area contributed by atoms with Crippen molar-refractivity contribution in [1.29, 1.82) is 5.26 Å². The van der Waals surface area contributed by atoms with Gasteiger partial charge in [0, 0.05) is 41.6 Å². The van der Waals surface area contributed by atoms with E-state index in [1.807, 2.05) is 18.2 Å². The van der Waals surface area contributed by atoms with E-state index >= 15 is 0 Å². The number of rotatable bonds is 5. The van der Waals surface area contributed by atoms with E-state index in [1.165, 1.54) is 6.07 Å². The average molecular weight is 329 g/mol. The Hall–Kier alpha value is -2.72. The van der Waals surface area contributed by atoms with E-state index in [1.54, 1.807) is 42.5 Å². The number of hydrogen-bond acceptors (Lipinski definition) is 5. The molecule has 0 aromatic heterocycles. The summed E-state index contributed by atoms with van der Waals surface area (Å²) in [5.41, 5.74) is 1.54. The minimum atomic E-state index is -1.03. The zero-order valence-electron chi connectivity index (χ0n) is 12.7. The Balaban J connectivity index is 2.27. The van der Waals surface area contributed by atoms with Crippen molar-refractivity contribution in [3.05, 3.63) is 63.7 Å². The molecule has 0 saturated carbocycles. The highest BCUT2D eigenvalue weighted by molar-refractivity contribution is 7.84. The fraction of sp³-hybridized carbons (Fsp3) is 0.188. The van der Waals surface area contributed by atoms with Gasteiger partial charge in [-0.15, -0.1) is 0 Å². The standard InChI is InChI=1S/C16H15N3O3S/c1-18(11-12-3-6-14(7-4-12)23(2)22)15-8-5-13(10-17)9-16(15)19(20)21/h3-9H,11H2,1-2H3/t23-/m1/s1. The fourth-order valence-electron chi connectivity index (χ4n) is 2.21. The van der Waals surface area contributed by atoms with E-state index < -0.39 is 15.7 Å². The van der Waals surface area contributed by atoms with E-state index in [2.05, 4.69) is 0 Å². The van der Waals surface area contributed by atoms with Gasteiger partial charge in [-0.25, -0.2) is 0 Å². The minimum Gasteiger partial charge on any atom is -0.365 e. The van der Waals surface area contributed by atoms with E-state index in [0.717, 1.165) is 10.5 Å². The van der Waals surface area contributed by atoms with Crippen LogP contribution in [0.4, 0.5) is 11.4 Å². The molecule has 0 spiro atoms. The Morgan fingerprint density at radius 2 is 1.91 bits per heavy atom. The predicted octanol–water partition coefficient (Wildman–Crippen LogP) is 2.84. The third-order valence-electron chi connectivity index (χ3n) is 3.39. The Kier molecular flexibility index (Phi) is 5.09. The lowest BCUT2D eigenvalue weighted by Gasteiger charge is -2.19. The van der Waals surface area contributed by atoms with Crippen molar-refractivity contribution in [2.24, 2.45) is 0 Å². The molecule has 23 heavy (non-hydrogen) atoms. The maximum atomic E-state index is 11.4. The highest BCUT2D eigenvalue weighted by Gasteiger charge is 2.18. The number of hydrogen-bond donors (Lipinski definition) is 0. The van der Waals surface area contributed by atoms with E-state index in [9.17, 15) is 14.3 Å². The van der Waals surface area contributed by atoms with Crippen molar-refractivity contribution < 1.29 is 9.13 Å². The molecule has 0 saturated heterocycles. The van der Waals surface area contributed by atoms with Gasteiger partial charge in [-0.2, -0.15) is 5.26 Å². The number of benzene rings is 2. The van der Waals surface area contributed by atoms with Crippen LogP contribution in [0.25, 0.3) is 0 Å². The minimum absolute atomic E-state index is 0.0992. The van der Waals surface area contributed by atoms with Crippen molar-refractivity contribution in [1.82, 2.24) is 0 Å². The third kappa shape index (κ3) is 3.93. The third-order valence-corrected chi connectivity index (χ3v) is 4.32. The molecule has 0 aliphatic heterocycles. The first-order chi connectivity index (χ1) is 10.9. The van der Waals surface area contributed by atoms with Crippen LogP contribution in [0.5, 0.6) is 0 Å². The second-order valence-electron chi connectivity index (χ2n) is 5.03. The van der Waals surface area contributed by atoms with Gasteiger partial charge in [-0.05, 0) is 29.8 Å². The zero-order chi connectivity index (χ0) is 17.0. The lowest BCUT2D eigenvalue weighted by atomic mass is 10.1. The zero-order valence-corrected chi connectivity index (χ0v) is 13.5. The Labute approximate surface area is 136 Å². The summed E-state index contributed by atoms with van der Waals surface area (Å²) in [5, 5.41) is 20.1. The summed E-state index contributed by atoms with van der Waals surface area (Å²) in [6, 6.07) is 13.6. The van der Waals surface area contributed by atoms with Gasteiger partial charge in [0.25, 0.3) is 5.69 Å². The number of nitriles is 1. The molecular formula is C16H15N3O3S. The summed E-state index contributed by atoms with van der Waals surface area (Å²) >= 11 is 0. The molecule has 0 unspecified atom stereocenters. The van der Waals surface area contributed by atoms with Gasteiger partial charge in [0.15, 0.2) is 0 Å². The van der Waals surface area contributed by atoms with Gasteiger partial charge in [0.05, 0.1) is 16.6 Å². The van der Waals surface area contributed by atoms with Gasteiger partial charge in [-0.1, -0.05) is 12.1 Å². The quantitative estimate of drug-likeness (QED) is 0.622. The smallest absolute Gasteiger partial charge is 0.293 e. The van der Waals surface area contributed by atoms with Gasteiger partial charge < -0.3 is 4.90 Å². The van der Waals surface area contributed by atoms with Crippen LogP contribution in [0.1, 0.15) is 11.1 Å². The van der Waals surface area contributed by atoms with Crippen molar-refractivity contribution >= 4 is 22.2 Å². The number of nitrogens with zero attached hydrogens (tertiary/aromatic N) is 3. The van der Waals surface area contributed by atoms with Gasteiger partial charge in [0.2, 0.25) is 0 Å². The highest BCUT2D eigenvalue weighted by atomic mass is 32.2. The summed E-state index contributed by atoms with van der Waals surface area (Å²) in [6.07, 6.45) is 1.61. The largest absolute Gasteiger partial charge is 0.365 e. The molecule has 2 aromatic carbocycles. The Bertz CT molecular complexity index is 797. The normalized spacial score (nSPS) is 11.5. The van der Waals surface area contributed by atoms with Crippen molar-refractivity contribution in [3.63, 3.8) is 0 Å². The first-order valence-corrected chi connectivity index (χ1v) is 8.30. The summed E-state index contributed by atoms with van der Waals surface area (Å²) in [7, 11) is 0.717. The Morgan fingerprint density at radius 1 is 1.26 bits per heavy atom. The summed E-state index contributed by atoms with van der Waals surface area (Å²) in [4.78, 5) is 13.2. The van der Waals surface area contributed by atoms with Crippen LogP contribution in [0.2, 0.25) is 0 Å². The van der Waals surface area contributed by atoms with Crippen LogP contribution in [0.3, 0.4) is 0 Å². The van der Waals surface area contributed by atoms with Crippen molar-refractivity contribution in [2.75, 3.05) is 18.2 Å². The summed E-state index contributed by atoms with van der Waals surface area (Å²) < 4.78 is 11.4. The molecule has 2 aromatic rings. The highest BCUT2D eigenvalue weighted by Crippen LogP contribution is 2.29. The lowest BCUT2D eigenvalue weighted by molar-refractivity contribution is -0.384. The molecule has 1 atom stereocenters. The van der Waals surface area contributed by atoms with Gasteiger partial charge >= 0.3 is 0 Å². The molecule has 118 valence electrons. The number of anilines is 1. The second-order valence-corrected chi connectivity index (χ2v) is 6.41. The Morgan fingerprint density at radius 3 is 2.43 bits per heavy atom. The average Bonchev–Trinajstić information content (AvgIpc) is 2.54. The first kappa shape index (κ1) is 16.6. The van der Waals surface area contributed by atoms with Gasteiger partial charge in [-0.3, -0.25) is 14.3 Å². The summed E-state index contributed by atoms with van der Waals surface area (Å²) in [5.74, 6) is 0. The topological polar surface area (TPSA) is 87.2 Å². The molecule has 0 amide bonds. The second kappa shape index (κ2) is 7.03. The molecule has 0 bridgehead atoms. The van der Waals surface area contributed by atoms with Crippen LogP contribution in [0, 0.1) is 21.4 Å². The summed E-state index contributed by atoms with van der Waals surface area (Å²) in [6.45, 7) is 0.462. The predicted molar refractivity (Wildman–Crippen MR) is 88.7 cm³/mol. The van der Waals surface area contributed by atoms with Crippen LogP contribution in [-0.4, -0.2) is 22.4 Å². The number of nitro benzene ring substituents is 1. The molecular weight excluding hydrogens is 314 g/mol. The molecule has 0 heterocycles. The fourth-order valence-corrected chi connectivity index (χ4v) is 2.73. The van der Waals surface area contributed by atoms with Crippen LogP contribution in [0.15, 0.2) is 47.4 Å². The van der Waals surface area contributed by atoms with Crippen molar-refractivity contribution in [2.45, 2.75) is 11.4 Å². The maximum absolute atomic E-state index is 11.4. The maximum Gasteiger partial charge on any atom is 0.293 e. The molecule has 6 nitrogen and oxygen atoms in total. The van der Waals surface area contributed by atoms with Crippen molar-refractivity contribution in [3.8, 4) is 6.07 Å². The molecule has 2 rings (SSSR count). The van der Waals surface area contributed by atoms with E-state index in [-0.39, 0.29) is 11.3 Å². The monoisotopic (exact) mass is 329 g/mol. The SMILES string of the molecule is CN(Cc1ccc([S@@](C)=O)cc1)c1ccc(C#N)cc1[N+](=O)[O-]. The van der Waals surface area contributed by atoms with Crippen LogP contribution < -0.4 is 4.90 Å². The molecule has 0 aliphatic carbocycles. The molecule has 0 N–H and O–H groups in total. The molecule has 0 aliphatic rings. The van der Waals surface area contributed by atoms with Crippen LogP contribution in [-0.2, 0) is 17.3 Å². The van der Waals surface area contributed by atoms with E-state index in [0.29, 0.717) is 12.2 Å². The van der Waals surface area contributed by atoms with Gasteiger partial charge in [0.1, 0.15) is 5.69 Å². The molecule has 0 radical (unpaired) electrons.